The van der Waals surface area contributed by atoms with Crippen LogP contribution in [0.2, 0.25) is 0 Å². The molecule has 0 unspecified atom stereocenters. The van der Waals surface area contributed by atoms with Gasteiger partial charge in [0.2, 0.25) is 0 Å². The highest BCUT2D eigenvalue weighted by atomic mass is 32.1. The van der Waals surface area contributed by atoms with Crippen LogP contribution in [-0.4, -0.2) is 20.0 Å². The molecular weight excluding hydrogens is 308 g/mol. The zero-order valence-electron chi connectivity index (χ0n) is 12.3. The molecule has 0 saturated carbocycles. The van der Waals surface area contributed by atoms with Crippen LogP contribution < -0.4 is 5.32 Å². The minimum Gasteiger partial charge on any atom is -0.467 e. The van der Waals surface area contributed by atoms with Crippen LogP contribution in [0.15, 0.2) is 65.5 Å². The van der Waals surface area contributed by atoms with E-state index in [9.17, 15) is 0 Å². The second-order valence-electron chi connectivity index (χ2n) is 5.46. The van der Waals surface area contributed by atoms with Crippen LogP contribution >= 0.6 is 12.2 Å². The molecule has 4 heterocycles. The van der Waals surface area contributed by atoms with E-state index < -0.39 is 0 Å². The van der Waals surface area contributed by atoms with Crippen molar-refractivity contribution in [2.24, 2.45) is 0 Å². The number of aromatic amines is 1. The van der Waals surface area contributed by atoms with Gasteiger partial charge < -0.3 is 19.6 Å². The molecule has 0 bridgehead atoms. The van der Waals surface area contributed by atoms with E-state index in [1.165, 1.54) is 0 Å². The van der Waals surface area contributed by atoms with Crippen molar-refractivity contribution in [2.45, 2.75) is 18.6 Å². The molecule has 3 aromatic rings. The van der Waals surface area contributed by atoms with Crippen molar-refractivity contribution in [3.63, 3.8) is 0 Å². The lowest BCUT2D eigenvalue weighted by molar-refractivity contribution is 0.283. The standard InChI is InChI=1S/C17H16N4OS/c23-17-20-15(13-6-1-2-8-18-13)16(14-7-3-9-19-14)21(17)11-12-5-4-10-22-12/h1-10,15-16,19H,11H2,(H,20,23)/t15-,16+/m0/s1. The number of thiocarbonyl (C=S) groups is 1. The normalized spacial score (nSPS) is 20.7. The Labute approximate surface area is 139 Å². The van der Waals surface area contributed by atoms with Crippen LogP contribution in [0, 0.1) is 0 Å². The minimum atomic E-state index is -0.00249. The summed E-state index contributed by atoms with van der Waals surface area (Å²) in [5.41, 5.74) is 2.07. The van der Waals surface area contributed by atoms with Gasteiger partial charge in [-0.3, -0.25) is 4.98 Å². The van der Waals surface area contributed by atoms with Gasteiger partial charge in [0.15, 0.2) is 5.11 Å². The number of rotatable bonds is 4. The maximum atomic E-state index is 5.57. The summed E-state index contributed by atoms with van der Waals surface area (Å²) in [6, 6.07) is 13.9. The fourth-order valence-electron chi connectivity index (χ4n) is 3.01. The molecule has 0 aliphatic carbocycles. The molecule has 0 radical (unpaired) electrons. The number of nitrogens with zero attached hydrogens (tertiary/aromatic N) is 2. The second-order valence-corrected chi connectivity index (χ2v) is 5.85. The van der Waals surface area contributed by atoms with Gasteiger partial charge in [0.05, 0.1) is 30.6 Å². The molecule has 2 atom stereocenters. The van der Waals surface area contributed by atoms with Gasteiger partial charge in [-0.15, -0.1) is 0 Å². The first-order valence-corrected chi connectivity index (χ1v) is 7.87. The number of nitrogens with one attached hydrogen (secondary N) is 2. The average molecular weight is 324 g/mol. The lowest BCUT2D eigenvalue weighted by Crippen LogP contribution is -2.29. The quantitative estimate of drug-likeness (QED) is 0.722. The Bertz CT molecular complexity index is 770. The zero-order chi connectivity index (χ0) is 15.6. The Morgan fingerprint density at radius 3 is 2.83 bits per heavy atom. The summed E-state index contributed by atoms with van der Waals surface area (Å²) in [4.78, 5) is 9.95. The Balaban J connectivity index is 1.71. The van der Waals surface area contributed by atoms with Gasteiger partial charge in [-0.1, -0.05) is 6.07 Å². The monoisotopic (exact) mass is 324 g/mol. The number of H-pyrrole nitrogens is 1. The van der Waals surface area contributed by atoms with Crippen molar-refractivity contribution in [3.05, 3.63) is 78.3 Å². The first kappa shape index (κ1) is 14.0. The van der Waals surface area contributed by atoms with Gasteiger partial charge in [-0.25, -0.2) is 0 Å². The van der Waals surface area contributed by atoms with Crippen LogP contribution in [-0.2, 0) is 6.54 Å². The van der Waals surface area contributed by atoms with Crippen LogP contribution in [0.5, 0.6) is 0 Å². The third kappa shape index (κ3) is 2.61. The van der Waals surface area contributed by atoms with Crippen LogP contribution in [0.4, 0.5) is 0 Å². The number of hydrogen-bond acceptors (Lipinski definition) is 3. The Morgan fingerprint density at radius 1 is 1.17 bits per heavy atom. The molecule has 3 aromatic heterocycles. The molecule has 4 rings (SSSR count). The van der Waals surface area contributed by atoms with Crippen molar-refractivity contribution in [3.8, 4) is 0 Å². The fraction of sp³-hybridized carbons (Fsp3) is 0.176. The van der Waals surface area contributed by atoms with E-state index in [1.807, 2.05) is 42.6 Å². The highest BCUT2D eigenvalue weighted by molar-refractivity contribution is 7.80. The topological polar surface area (TPSA) is 57.1 Å². The molecule has 1 aliphatic rings. The van der Waals surface area contributed by atoms with E-state index in [-0.39, 0.29) is 12.1 Å². The first-order valence-electron chi connectivity index (χ1n) is 7.46. The third-order valence-corrected chi connectivity index (χ3v) is 4.40. The summed E-state index contributed by atoms with van der Waals surface area (Å²) >= 11 is 5.57. The lowest BCUT2D eigenvalue weighted by atomic mass is 10.0. The van der Waals surface area contributed by atoms with Crippen LogP contribution in [0.3, 0.4) is 0 Å². The van der Waals surface area contributed by atoms with Gasteiger partial charge in [0, 0.05) is 18.1 Å². The molecular formula is C17H16N4OS. The number of hydrogen-bond donors (Lipinski definition) is 2. The van der Waals surface area contributed by atoms with E-state index >= 15 is 0 Å². The average Bonchev–Trinajstić information content (AvgIpc) is 3.31. The zero-order valence-corrected chi connectivity index (χ0v) is 13.2. The molecule has 2 N–H and O–H groups in total. The Hall–Kier alpha value is -2.60. The summed E-state index contributed by atoms with van der Waals surface area (Å²) in [5.74, 6) is 0.882. The van der Waals surface area contributed by atoms with Crippen molar-refractivity contribution in [2.75, 3.05) is 0 Å². The molecule has 1 saturated heterocycles. The summed E-state index contributed by atoms with van der Waals surface area (Å²) in [7, 11) is 0. The summed E-state index contributed by atoms with van der Waals surface area (Å²) in [6.07, 6.45) is 5.42. The van der Waals surface area contributed by atoms with Crippen LogP contribution in [0.25, 0.3) is 0 Å². The fourth-order valence-corrected chi connectivity index (χ4v) is 3.32. The van der Waals surface area contributed by atoms with E-state index in [1.54, 1.807) is 12.5 Å². The lowest BCUT2D eigenvalue weighted by Gasteiger charge is -2.26. The number of furan rings is 1. The number of pyridine rings is 1. The molecule has 6 heteroatoms. The largest absolute Gasteiger partial charge is 0.467 e. The van der Waals surface area contributed by atoms with E-state index in [4.69, 9.17) is 16.6 Å². The van der Waals surface area contributed by atoms with E-state index in [0.29, 0.717) is 11.7 Å². The minimum absolute atomic E-state index is 0.00249. The van der Waals surface area contributed by atoms with Crippen LogP contribution in [0.1, 0.15) is 29.2 Å². The maximum absolute atomic E-state index is 5.57. The molecule has 1 fully saturated rings. The Kier molecular flexibility index (Phi) is 3.59. The Morgan fingerprint density at radius 2 is 2.13 bits per heavy atom. The summed E-state index contributed by atoms with van der Waals surface area (Å²) < 4.78 is 5.50. The molecule has 0 amide bonds. The van der Waals surface area contributed by atoms with Gasteiger partial charge >= 0.3 is 0 Å². The van der Waals surface area contributed by atoms with E-state index in [0.717, 1.165) is 17.1 Å². The summed E-state index contributed by atoms with van der Waals surface area (Å²) in [5, 5.41) is 4.11. The van der Waals surface area contributed by atoms with E-state index in [2.05, 4.69) is 26.3 Å². The van der Waals surface area contributed by atoms with Gasteiger partial charge in [-0.05, 0) is 48.6 Å². The molecule has 0 aromatic carbocycles. The SMILES string of the molecule is S=C1N[C@@H](c2ccccn2)[C@@H](c2ccc[nH]2)N1Cc1ccco1. The highest BCUT2D eigenvalue weighted by Crippen LogP contribution is 2.38. The van der Waals surface area contributed by atoms with Gasteiger partial charge in [0.25, 0.3) is 0 Å². The maximum Gasteiger partial charge on any atom is 0.170 e. The predicted octanol–water partition coefficient (Wildman–Crippen LogP) is 3.18. The predicted molar refractivity (Wildman–Crippen MR) is 90.5 cm³/mol. The van der Waals surface area contributed by atoms with Crippen molar-refractivity contribution in [1.82, 2.24) is 20.2 Å². The van der Waals surface area contributed by atoms with Crippen molar-refractivity contribution in [1.29, 1.82) is 0 Å². The van der Waals surface area contributed by atoms with Gasteiger partial charge in [-0.2, -0.15) is 0 Å². The second kappa shape index (κ2) is 5.89. The van der Waals surface area contributed by atoms with Crippen molar-refractivity contribution < 1.29 is 4.42 Å². The third-order valence-electron chi connectivity index (χ3n) is 4.04. The molecule has 1 aliphatic heterocycles. The molecule has 23 heavy (non-hydrogen) atoms. The summed E-state index contributed by atoms with van der Waals surface area (Å²) in [6.45, 7) is 0.617. The molecule has 0 spiro atoms. The molecule has 5 nitrogen and oxygen atoms in total. The number of aromatic nitrogens is 2. The van der Waals surface area contributed by atoms with Gasteiger partial charge in [0.1, 0.15) is 5.76 Å². The smallest absolute Gasteiger partial charge is 0.170 e. The first-order chi connectivity index (χ1) is 11.3. The molecule has 116 valence electrons. The highest BCUT2D eigenvalue weighted by Gasteiger charge is 2.40. The van der Waals surface area contributed by atoms with Crippen molar-refractivity contribution >= 4 is 17.3 Å².